The molecule has 0 spiro atoms. The summed E-state index contributed by atoms with van der Waals surface area (Å²) in [6, 6.07) is 3.42. The summed E-state index contributed by atoms with van der Waals surface area (Å²) in [5.74, 6) is 5.94. The number of carbonyl (C=O) groups is 1. The van der Waals surface area contributed by atoms with Gasteiger partial charge in [0.1, 0.15) is 10.8 Å². The molecule has 2 heterocycles. The van der Waals surface area contributed by atoms with Gasteiger partial charge in [-0.3, -0.25) is 4.79 Å². The first-order valence-corrected chi connectivity index (χ1v) is 7.49. The molecule has 0 saturated carbocycles. The molecule has 0 bridgehead atoms. The van der Waals surface area contributed by atoms with Gasteiger partial charge in [0.25, 0.3) is 5.91 Å². The molecule has 0 aromatic carbocycles. The number of rotatable bonds is 5. The summed E-state index contributed by atoms with van der Waals surface area (Å²) in [5, 5.41) is 3.74. The first-order valence-electron chi connectivity index (χ1n) is 6.67. The van der Waals surface area contributed by atoms with Gasteiger partial charge in [0.15, 0.2) is 0 Å². The van der Waals surface area contributed by atoms with E-state index in [1.807, 2.05) is 20.8 Å². The van der Waals surface area contributed by atoms with E-state index in [9.17, 15) is 4.79 Å². The van der Waals surface area contributed by atoms with Gasteiger partial charge in [-0.05, 0) is 25.0 Å². The van der Waals surface area contributed by atoms with Crippen molar-refractivity contribution in [1.29, 1.82) is 0 Å². The van der Waals surface area contributed by atoms with Crippen molar-refractivity contribution in [2.24, 2.45) is 5.84 Å². The van der Waals surface area contributed by atoms with Crippen molar-refractivity contribution >= 4 is 23.1 Å². The number of nitrogens with two attached hydrogens (primary N) is 1. The lowest BCUT2D eigenvalue weighted by atomic mass is 10.1. The fraction of sp³-hybridized carbons (Fsp3) is 0.357. The smallest absolute Gasteiger partial charge is 0.251 e. The minimum atomic E-state index is -0.163. The fourth-order valence-electron chi connectivity index (χ4n) is 1.79. The molecule has 0 fully saturated rings. The summed E-state index contributed by atoms with van der Waals surface area (Å²) in [4.78, 5) is 21.9. The van der Waals surface area contributed by atoms with E-state index in [4.69, 9.17) is 5.84 Å². The standard InChI is InChI=1S/C14H19N5OS/c1-8(2)11-4-10(5-12(18-11)19-15)14(20)17-7-13-16-6-9(3)21-13/h4-6,8H,7,15H2,1-3H3,(H,17,20)(H,18,19). The number of hydrogen-bond donors (Lipinski definition) is 3. The summed E-state index contributed by atoms with van der Waals surface area (Å²) in [7, 11) is 0. The predicted octanol–water partition coefficient (Wildman–Crippen LogP) is 2.19. The van der Waals surface area contributed by atoms with Crippen LogP contribution < -0.4 is 16.6 Å². The number of hydrogen-bond acceptors (Lipinski definition) is 6. The minimum absolute atomic E-state index is 0.163. The van der Waals surface area contributed by atoms with Gasteiger partial charge in [-0.25, -0.2) is 15.8 Å². The van der Waals surface area contributed by atoms with E-state index in [1.165, 1.54) is 0 Å². The predicted molar refractivity (Wildman–Crippen MR) is 84.2 cm³/mol. The Balaban J connectivity index is 2.12. The molecule has 6 nitrogen and oxygen atoms in total. The third-order valence-corrected chi connectivity index (χ3v) is 3.83. The molecule has 21 heavy (non-hydrogen) atoms. The Morgan fingerprint density at radius 3 is 2.76 bits per heavy atom. The highest BCUT2D eigenvalue weighted by Gasteiger charge is 2.12. The van der Waals surface area contributed by atoms with Crippen molar-refractivity contribution in [1.82, 2.24) is 15.3 Å². The Morgan fingerprint density at radius 2 is 2.19 bits per heavy atom. The zero-order chi connectivity index (χ0) is 15.4. The van der Waals surface area contributed by atoms with Crippen LogP contribution in [0.1, 0.15) is 45.7 Å². The van der Waals surface area contributed by atoms with Crippen molar-refractivity contribution in [3.05, 3.63) is 39.5 Å². The quantitative estimate of drug-likeness (QED) is 0.581. The number of thiazole rings is 1. The van der Waals surface area contributed by atoms with Gasteiger partial charge in [0.05, 0.1) is 6.54 Å². The Bertz CT molecular complexity index is 638. The lowest BCUT2D eigenvalue weighted by Gasteiger charge is -2.10. The van der Waals surface area contributed by atoms with Crippen LogP contribution in [-0.4, -0.2) is 15.9 Å². The first kappa shape index (κ1) is 15.4. The van der Waals surface area contributed by atoms with E-state index < -0.39 is 0 Å². The van der Waals surface area contributed by atoms with Crippen molar-refractivity contribution in [3.8, 4) is 0 Å². The molecule has 4 N–H and O–H groups in total. The highest BCUT2D eigenvalue weighted by molar-refractivity contribution is 7.11. The maximum absolute atomic E-state index is 12.2. The van der Waals surface area contributed by atoms with Gasteiger partial charge in [-0.2, -0.15) is 0 Å². The van der Waals surface area contributed by atoms with Crippen LogP contribution in [-0.2, 0) is 6.54 Å². The number of nitrogens with one attached hydrogen (secondary N) is 2. The molecule has 0 atom stereocenters. The lowest BCUT2D eigenvalue weighted by molar-refractivity contribution is 0.0950. The van der Waals surface area contributed by atoms with Crippen LogP contribution in [0.4, 0.5) is 5.82 Å². The number of amides is 1. The van der Waals surface area contributed by atoms with Gasteiger partial charge in [-0.15, -0.1) is 11.3 Å². The lowest BCUT2D eigenvalue weighted by Crippen LogP contribution is -2.23. The van der Waals surface area contributed by atoms with E-state index in [-0.39, 0.29) is 11.8 Å². The summed E-state index contributed by atoms with van der Waals surface area (Å²) in [6.45, 7) is 6.44. The number of nitrogen functional groups attached to an aromatic ring is 1. The van der Waals surface area contributed by atoms with Crippen molar-refractivity contribution in [2.45, 2.75) is 33.2 Å². The number of hydrazine groups is 1. The molecule has 112 valence electrons. The largest absolute Gasteiger partial charge is 0.346 e. The number of aryl methyl sites for hydroxylation is 1. The Morgan fingerprint density at radius 1 is 1.43 bits per heavy atom. The first-order chi connectivity index (χ1) is 9.99. The fourth-order valence-corrected chi connectivity index (χ4v) is 2.52. The molecule has 7 heteroatoms. The molecular weight excluding hydrogens is 286 g/mol. The second-order valence-corrected chi connectivity index (χ2v) is 6.33. The summed E-state index contributed by atoms with van der Waals surface area (Å²) in [5.41, 5.74) is 3.85. The second kappa shape index (κ2) is 6.64. The molecule has 2 aromatic heterocycles. The maximum Gasteiger partial charge on any atom is 0.251 e. The molecule has 2 aromatic rings. The molecular formula is C14H19N5OS. The number of pyridine rings is 1. The van der Waals surface area contributed by atoms with Crippen LogP contribution in [0.25, 0.3) is 0 Å². The number of nitrogens with zero attached hydrogens (tertiary/aromatic N) is 2. The van der Waals surface area contributed by atoms with Gasteiger partial charge >= 0.3 is 0 Å². The normalized spacial score (nSPS) is 10.7. The molecule has 0 saturated heterocycles. The van der Waals surface area contributed by atoms with Crippen molar-refractivity contribution in [3.63, 3.8) is 0 Å². The monoisotopic (exact) mass is 305 g/mol. The Labute approximate surface area is 127 Å². The molecule has 0 aliphatic heterocycles. The van der Waals surface area contributed by atoms with Crippen molar-refractivity contribution < 1.29 is 4.79 Å². The Kier molecular flexibility index (Phi) is 4.87. The number of anilines is 1. The average molecular weight is 305 g/mol. The van der Waals surface area contributed by atoms with Crippen LogP contribution in [0.5, 0.6) is 0 Å². The van der Waals surface area contributed by atoms with Crippen molar-refractivity contribution in [2.75, 3.05) is 5.43 Å². The zero-order valence-electron chi connectivity index (χ0n) is 12.3. The average Bonchev–Trinajstić information content (AvgIpc) is 2.89. The molecule has 0 aliphatic carbocycles. The van der Waals surface area contributed by atoms with Gasteiger partial charge in [0.2, 0.25) is 0 Å². The van der Waals surface area contributed by atoms with E-state index in [2.05, 4.69) is 20.7 Å². The third kappa shape index (κ3) is 3.99. The van der Waals surface area contributed by atoms with E-state index in [1.54, 1.807) is 29.7 Å². The van der Waals surface area contributed by atoms with E-state index >= 15 is 0 Å². The number of aromatic nitrogens is 2. The van der Waals surface area contributed by atoms with Gasteiger partial charge in [0, 0.05) is 22.3 Å². The van der Waals surface area contributed by atoms with Crippen LogP contribution in [0.15, 0.2) is 18.3 Å². The summed E-state index contributed by atoms with van der Waals surface area (Å²) in [6.07, 6.45) is 1.80. The highest BCUT2D eigenvalue weighted by atomic mass is 32.1. The molecule has 0 radical (unpaired) electrons. The molecule has 2 rings (SSSR count). The summed E-state index contributed by atoms with van der Waals surface area (Å²) >= 11 is 1.57. The second-order valence-electron chi connectivity index (χ2n) is 5.01. The third-order valence-electron chi connectivity index (χ3n) is 2.92. The summed E-state index contributed by atoms with van der Waals surface area (Å²) < 4.78 is 0. The van der Waals surface area contributed by atoms with Crippen LogP contribution in [0.3, 0.4) is 0 Å². The molecule has 0 unspecified atom stereocenters. The minimum Gasteiger partial charge on any atom is -0.346 e. The van der Waals surface area contributed by atoms with E-state index in [0.29, 0.717) is 17.9 Å². The number of carbonyl (C=O) groups excluding carboxylic acids is 1. The Hall–Kier alpha value is -1.99. The highest BCUT2D eigenvalue weighted by Crippen LogP contribution is 2.17. The molecule has 1 amide bonds. The topological polar surface area (TPSA) is 92.9 Å². The van der Waals surface area contributed by atoms with Crippen LogP contribution in [0.2, 0.25) is 0 Å². The van der Waals surface area contributed by atoms with Gasteiger partial charge < -0.3 is 10.7 Å². The zero-order valence-corrected chi connectivity index (χ0v) is 13.1. The van der Waals surface area contributed by atoms with E-state index in [0.717, 1.165) is 15.6 Å². The molecule has 0 aliphatic rings. The SMILES string of the molecule is Cc1cnc(CNC(=O)c2cc(NN)nc(C(C)C)c2)s1. The van der Waals surface area contributed by atoms with Gasteiger partial charge in [-0.1, -0.05) is 13.8 Å². The van der Waals surface area contributed by atoms with Crippen LogP contribution in [0, 0.1) is 6.92 Å². The van der Waals surface area contributed by atoms with Crippen LogP contribution >= 0.6 is 11.3 Å². The maximum atomic E-state index is 12.2.